The van der Waals surface area contributed by atoms with E-state index in [4.69, 9.17) is 0 Å². The lowest BCUT2D eigenvalue weighted by Crippen LogP contribution is -2.20. The summed E-state index contributed by atoms with van der Waals surface area (Å²) in [4.78, 5) is 11.5. The van der Waals surface area contributed by atoms with E-state index in [1.54, 1.807) is 18.3 Å². The second kappa shape index (κ2) is 4.18. The van der Waals surface area contributed by atoms with Crippen LogP contribution in [0, 0.1) is 5.82 Å². The first-order valence-electron chi connectivity index (χ1n) is 4.88. The van der Waals surface area contributed by atoms with Gasteiger partial charge in [0.05, 0.1) is 0 Å². The van der Waals surface area contributed by atoms with Crippen molar-refractivity contribution in [2.24, 2.45) is 0 Å². The van der Waals surface area contributed by atoms with Gasteiger partial charge in [-0.1, -0.05) is 0 Å². The number of halogens is 1. The molecule has 0 saturated carbocycles. The van der Waals surface area contributed by atoms with Crippen LogP contribution < -0.4 is 10.9 Å². The molecule has 82 valence electrons. The topological polar surface area (TPSA) is 34.0 Å². The predicted molar refractivity (Wildman–Crippen MR) is 61.5 cm³/mol. The number of pyridine rings is 1. The minimum absolute atomic E-state index is 0.639. The minimum Gasteiger partial charge on any atom is -0.388 e. The quantitative estimate of drug-likeness (QED) is 0.836. The first-order valence-corrected chi connectivity index (χ1v) is 4.88. The molecule has 2 aromatic rings. The summed E-state index contributed by atoms with van der Waals surface area (Å²) in [7, 11) is 1.81. The summed E-state index contributed by atoms with van der Waals surface area (Å²) in [5.41, 5.74) is 0.941. The van der Waals surface area contributed by atoms with Crippen molar-refractivity contribution < 1.29 is 4.39 Å². The van der Waals surface area contributed by atoms with Gasteiger partial charge in [0, 0.05) is 24.6 Å². The molecule has 2 rings (SSSR count). The summed E-state index contributed by atoms with van der Waals surface area (Å²) in [5.74, 6) is -0.750. The van der Waals surface area contributed by atoms with E-state index in [-0.39, 0.29) is 0 Å². The number of rotatable bonds is 2. The summed E-state index contributed by atoms with van der Waals surface area (Å²) in [6, 6.07) is 9.82. The van der Waals surface area contributed by atoms with Crippen molar-refractivity contribution in [3.63, 3.8) is 0 Å². The highest BCUT2D eigenvalue weighted by Crippen LogP contribution is 2.11. The molecule has 1 heterocycles. The van der Waals surface area contributed by atoms with E-state index in [0.29, 0.717) is 5.69 Å². The van der Waals surface area contributed by atoms with Crippen molar-refractivity contribution in [1.29, 1.82) is 0 Å². The number of hydrogen-bond donors (Lipinski definition) is 1. The number of nitrogens with zero attached hydrogens (tertiary/aromatic N) is 1. The van der Waals surface area contributed by atoms with Crippen LogP contribution in [-0.4, -0.2) is 11.6 Å². The second-order valence-corrected chi connectivity index (χ2v) is 3.33. The Kier molecular flexibility index (Phi) is 2.72. The predicted octanol–water partition coefficient (Wildman–Crippen LogP) is 2.02. The number of aromatic nitrogens is 1. The van der Waals surface area contributed by atoms with Gasteiger partial charge in [0.1, 0.15) is 0 Å². The van der Waals surface area contributed by atoms with Gasteiger partial charge in [-0.25, -0.2) is 4.39 Å². The maximum atomic E-state index is 13.1. The van der Waals surface area contributed by atoms with Crippen LogP contribution in [0.25, 0.3) is 5.69 Å². The molecule has 0 fully saturated rings. The fourth-order valence-corrected chi connectivity index (χ4v) is 1.46. The molecule has 0 spiro atoms. The normalized spacial score (nSPS) is 10.1. The molecular weight excluding hydrogens is 207 g/mol. The number of benzene rings is 1. The Morgan fingerprint density at radius 1 is 1.19 bits per heavy atom. The fraction of sp³-hybridized carbons (Fsp3) is 0.0833. The summed E-state index contributed by atoms with van der Waals surface area (Å²) in [6.45, 7) is 0. The van der Waals surface area contributed by atoms with Crippen molar-refractivity contribution in [2.45, 2.75) is 0 Å². The van der Waals surface area contributed by atoms with Crippen LogP contribution in [0.3, 0.4) is 0 Å². The Morgan fingerprint density at radius 3 is 2.50 bits per heavy atom. The fourth-order valence-electron chi connectivity index (χ4n) is 1.46. The number of hydrogen-bond acceptors (Lipinski definition) is 2. The van der Waals surface area contributed by atoms with Crippen LogP contribution in [0.4, 0.5) is 10.1 Å². The Balaban J connectivity index is 2.51. The van der Waals surface area contributed by atoms with Gasteiger partial charge in [-0.2, -0.15) is 0 Å². The molecule has 1 aromatic heterocycles. The lowest BCUT2D eigenvalue weighted by Gasteiger charge is -2.06. The lowest BCUT2D eigenvalue weighted by molar-refractivity contribution is 0.599. The molecule has 1 N–H and O–H groups in total. The van der Waals surface area contributed by atoms with Gasteiger partial charge in [-0.05, 0) is 36.4 Å². The SMILES string of the molecule is CNc1ccc(-n2cccc(F)c2=O)cc1. The van der Waals surface area contributed by atoms with E-state index in [2.05, 4.69) is 5.32 Å². The Labute approximate surface area is 92.2 Å². The molecule has 0 aliphatic heterocycles. The van der Waals surface area contributed by atoms with Crippen LogP contribution in [0.15, 0.2) is 47.4 Å². The van der Waals surface area contributed by atoms with Gasteiger partial charge >= 0.3 is 0 Å². The van der Waals surface area contributed by atoms with E-state index < -0.39 is 11.4 Å². The average Bonchev–Trinajstić information content (AvgIpc) is 2.33. The summed E-state index contributed by atoms with van der Waals surface area (Å²) >= 11 is 0. The molecule has 1 aromatic carbocycles. The summed E-state index contributed by atoms with van der Waals surface area (Å²) < 4.78 is 14.3. The average molecular weight is 218 g/mol. The Morgan fingerprint density at radius 2 is 1.88 bits per heavy atom. The largest absolute Gasteiger partial charge is 0.388 e. The molecule has 4 heteroatoms. The Hall–Kier alpha value is -2.10. The van der Waals surface area contributed by atoms with Crippen LogP contribution >= 0.6 is 0 Å². The summed E-state index contributed by atoms with van der Waals surface area (Å²) in [5, 5.41) is 2.97. The van der Waals surface area contributed by atoms with Crippen molar-refractivity contribution in [1.82, 2.24) is 4.57 Å². The van der Waals surface area contributed by atoms with Crippen molar-refractivity contribution in [3.8, 4) is 5.69 Å². The zero-order valence-corrected chi connectivity index (χ0v) is 8.77. The summed E-state index contributed by atoms with van der Waals surface area (Å²) in [6.07, 6.45) is 1.54. The van der Waals surface area contributed by atoms with Gasteiger partial charge in [-0.3, -0.25) is 9.36 Å². The van der Waals surface area contributed by atoms with Gasteiger partial charge in [0.25, 0.3) is 5.56 Å². The minimum atomic E-state index is -0.750. The van der Waals surface area contributed by atoms with E-state index >= 15 is 0 Å². The van der Waals surface area contributed by atoms with Crippen molar-refractivity contribution in [2.75, 3.05) is 12.4 Å². The number of nitrogens with one attached hydrogen (secondary N) is 1. The van der Waals surface area contributed by atoms with E-state index in [9.17, 15) is 9.18 Å². The molecule has 0 saturated heterocycles. The van der Waals surface area contributed by atoms with Crippen LogP contribution in [0.2, 0.25) is 0 Å². The molecule has 0 aliphatic carbocycles. The highest BCUT2D eigenvalue weighted by Gasteiger charge is 2.03. The maximum absolute atomic E-state index is 13.1. The van der Waals surface area contributed by atoms with Gasteiger partial charge < -0.3 is 5.32 Å². The monoisotopic (exact) mass is 218 g/mol. The molecule has 0 aliphatic rings. The highest BCUT2D eigenvalue weighted by atomic mass is 19.1. The zero-order valence-electron chi connectivity index (χ0n) is 8.77. The molecule has 0 bridgehead atoms. The molecule has 0 unspecified atom stereocenters. The van der Waals surface area contributed by atoms with Gasteiger partial charge in [-0.15, -0.1) is 0 Å². The van der Waals surface area contributed by atoms with Crippen LogP contribution in [0.1, 0.15) is 0 Å². The molecule has 0 radical (unpaired) electrons. The van der Waals surface area contributed by atoms with Crippen LogP contribution in [0.5, 0.6) is 0 Å². The molecular formula is C12H11FN2O. The first-order chi connectivity index (χ1) is 7.72. The van der Waals surface area contributed by atoms with Crippen molar-refractivity contribution in [3.05, 3.63) is 58.8 Å². The smallest absolute Gasteiger partial charge is 0.291 e. The zero-order chi connectivity index (χ0) is 11.5. The Bertz CT molecular complexity index is 546. The highest BCUT2D eigenvalue weighted by molar-refractivity contribution is 5.48. The maximum Gasteiger partial charge on any atom is 0.291 e. The van der Waals surface area contributed by atoms with E-state index in [0.717, 1.165) is 11.8 Å². The molecule has 16 heavy (non-hydrogen) atoms. The standard InChI is InChI=1S/C12H11FN2O/c1-14-9-4-6-10(7-5-9)15-8-2-3-11(13)12(15)16/h2-8,14H,1H3. The third-order valence-electron chi connectivity index (χ3n) is 2.33. The lowest BCUT2D eigenvalue weighted by atomic mass is 10.2. The third-order valence-corrected chi connectivity index (χ3v) is 2.33. The van der Waals surface area contributed by atoms with E-state index in [1.165, 1.54) is 10.6 Å². The second-order valence-electron chi connectivity index (χ2n) is 3.33. The van der Waals surface area contributed by atoms with E-state index in [1.807, 2.05) is 19.2 Å². The van der Waals surface area contributed by atoms with Gasteiger partial charge in [0.2, 0.25) is 0 Å². The molecule has 0 amide bonds. The van der Waals surface area contributed by atoms with Gasteiger partial charge in [0.15, 0.2) is 5.82 Å². The third kappa shape index (κ3) is 1.82. The van der Waals surface area contributed by atoms with Crippen molar-refractivity contribution >= 4 is 5.69 Å². The van der Waals surface area contributed by atoms with Crippen LogP contribution in [-0.2, 0) is 0 Å². The molecule has 0 atom stereocenters. The first kappa shape index (κ1) is 10.4. The molecule has 3 nitrogen and oxygen atoms in total. The number of anilines is 1.